The standard InChI is InChI=1S/C19H31N3O2/c1-23-15-7-19-17-21(14-16-24-19)9-8-20-10-12-22(13-11-20)18-5-3-2-4-6-18/h2-6,19H,7-17H2,1H3/t19-/m1/s1. The Hall–Kier alpha value is -1.14. The first-order chi connectivity index (χ1) is 11.8. The summed E-state index contributed by atoms with van der Waals surface area (Å²) in [6.45, 7) is 10.7. The first kappa shape index (κ1) is 17.7. The summed E-state index contributed by atoms with van der Waals surface area (Å²) in [5, 5.41) is 0. The summed E-state index contributed by atoms with van der Waals surface area (Å²) < 4.78 is 11.0. The van der Waals surface area contributed by atoms with Crippen LogP contribution in [-0.4, -0.2) is 88.6 Å². The smallest absolute Gasteiger partial charge is 0.0724 e. The van der Waals surface area contributed by atoms with Crippen LogP contribution in [0.5, 0.6) is 0 Å². The van der Waals surface area contributed by atoms with E-state index in [4.69, 9.17) is 9.47 Å². The van der Waals surface area contributed by atoms with Crippen LogP contribution in [0.2, 0.25) is 0 Å². The number of hydrogen-bond donors (Lipinski definition) is 0. The van der Waals surface area contributed by atoms with Crippen molar-refractivity contribution in [2.45, 2.75) is 12.5 Å². The van der Waals surface area contributed by atoms with Gasteiger partial charge in [0.1, 0.15) is 0 Å². The maximum absolute atomic E-state index is 5.82. The summed E-state index contributed by atoms with van der Waals surface area (Å²) in [4.78, 5) is 7.64. The molecule has 134 valence electrons. The molecule has 0 saturated carbocycles. The van der Waals surface area contributed by atoms with Gasteiger partial charge in [0.2, 0.25) is 0 Å². The van der Waals surface area contributed by atoms with Gasteiger partial charge >= 0.3 is 0 Å². The number of anilines is 1. The summed E-state index contributed by atoms with van der Waals surface area (Å²) in [6, 6.07) is 10.8. The Balaban J connectivity index is 1.36. The zero-order valence-corrected chi connectivity index (χ0v) is 14.9. The summed E-state index contributed by atoms with van der Waals surface area (Å²) in [5.74, 6) is 0. The zero-order valence-electron chi connectivity index (χ0n) is 14.9. The zero-order chi connectivity index (χ0) is 16.6. The molecule has 1 aromatic rings. The minimum Gasteiger partial charge on any atom is -0.385 e. The second-order valence-corrected chi connectivity index (χ2v) is 6.74. The molecular formula is C19H31N3O2. The number of morpholine rings is 1. The number of ether oxygens (including phenoxy) is 2. The van der Waals surface area contributed by atoms with Gasteiger partial charge in [-0.3, -0.25) is 9.80 Å². The fourth-order valence-electron chi connectivity index (χ4n) is 3.56. The highest BCUT2D eigenvalue weighted by Gasteiger charge is 2.22. The highest BCUT2D eigenvalue weighted by Crippen LogP contribution is 2.15. The molecule has 5 nitrogen and oxygen atoms in total. The van der Waals surface area contributed by atoms with E-state index in [1.807, 2.05) is 0 Å². The molecule has 0 amide bonds. The molecule has 0 unspecified atom stereocenters. The number of benzene rings is 1. The van der Waals surface area contributed by atoms with Gasteiger partial charge in [-0.1, -0.05) is 18.2 Å². The van der Waals surface area contributed by atoms with Gasteiger partial charge in [0.25, 0.3) is 0 Å². The van der Waals surface area contributed by atoms with Gasteiger partial charge < -0.3 is 14.4 Å². The minimum absolute atomic E-state index is 0.341. The quantitative estimate of drug-likeness (QED) is 0.755. The molecule has 2 aliphatic heterocycles. The summed E-state index contributed by atoms with van der Waals surface area (Å²) in [7, 11) is 1.76. The highest BCUT2D eigenvalue weighted by atomic mass is 16.5. The van der Waals surface area contributed by atoms with Crippen molar-refractivity contribution in [1.29, 1.82) is 0 Å². The van der Waals surface area contributed by atoms with Crippen molar-refractivity contribution in [2.24, 2.45) is 0 Å². The van der Waals surface area contributed by atoms with E-state index in [0.29, 0.717) is 6.10 Å². The van der Waals surface area contributed by atoms with Gasteiger partial charge in [0, 0.05) is 71.8 Å². The van der Waals surface area contributed by atoms with E-state index >= 15 is 0 Å². The predicted molar refractivity (Wildman–Crippen MR) is 97.8 cm³/mol. The number of piperazine rings is 1. The Labute approximate surface area is 146 Å². The molecule has 0 aromatic heterocycles. The molecule has 24 heavy (non-hydrogen) atoms. The first-order valence-electron chi connectivity index (χ1n) is 9.20. The van der Waals surface area contributed by atoms with Crippen LogP contribution in [0.3, 0.4) is 0 Å². The van der Waals surface area contributed by atoms with Gasteiger partial charge in [0.15, 0.2) is 0 Å². The van der Waals surface area contributed by atoms with Crippen molar-refractivity contribution in [3.8, 4) is 0 Å². The fraction of sp³-hybridized carbons (Fsp3) is 0.684. The van der Waals surface area contributed by atoms with Crippen molar-refractivity contribution in [3.05, 3.63) is 30.3 Å². The van der Waals surface area contributed by atoms with E-state index in [2.05, 4.69) is 45.0 Å². The molecule has 2 fully saturated rings. The van der Waals surface area contributed by atoms with Gasteiger partial charge in [-0.25, -0.2) is 0 Å². The van der Waals surface area contributed by atoms with Gasteiger partial charge in [-0.05, 0) is 18.6 Å². The molecule has 5 heteroatoms. The topological polar surface area (TPSA) is 28.2 Å². The summed E-state index contributed by atoms with van der Waals surface area (Å²) in [5.41, 5.74) is 1.35. The van der Waals surface area contributed by atoms with Crippen LogP contribution in [0.25, 0.3) is 0 Å². The van der Waals surface area contributed by atoms with Gasteiger partial charge in [0.05, 0.1) is 12.7 Å². The van der Waals surface area contributed by atoms with E-state index in [-0.39, 0.29) is 0 Å². The van der Waals surface area contributed by atoms with Crippen LogP contribution >= 0.6 is 0 Å². The van der Waals surface area contributed by atoms with Gasteiger partial charge in [-0.2, -0.15) is 0 Å². The Kier molecular flexibility index (Phi) is 6.90. The van der Waals surface area contributed by atoms with Crippen molar-refractivity contribution in [2.75, 3.05) is 77.6 Å². The number of hydrogen-bond acceptors (Lipinski definition) is 5. The van der Waals surface area contributed by atoms with E-state index in [1.54, 1.807) is 7.11 Å². The van der Waals surface area contributed by atoms with Crippen LogP contribution in [0.1, 0.15) is 6.42 Å². The minimum atomic E-state index is 0.341. The van der Waals surface area contributed by atoms with Gasteiger partial charge in [-0.15, -0.1) is 0 Å². The van der Waals surface area contributed by atoms with E-state index in [1.165, 1.54) is 12.2 Å². The largest absolute Gasteiger partial charge is 0.385 e. The molecule has 2 heterocycles. The van der Waals surface area contributed by atoms with E-state index in [9.17, 15) is 0 Å². The van der Waals surface area contributed by atoms with Crippen LogP contribution in [0.15, 0.2) is 30.3 Å². The number of para-hydroxylation sites is 1. The summed E-state index contributed by atoms with van der Waals surface area (Å²) in [6.07, 6.45) is 1.34. The third kappa shape index (κ3) is 5.18. The third-order valence-corrected chi connectivity index (χ3v) is 5.09. The summed E-state index contributed by atoms with van der Waals surface area (Å²) >= 11 is 0. The number of methoxy groups -OCH3 is 1. The van der Waals surface area contributed by atoms with Crippen LogP contribution in [-0.2, 0) is 9.47 Å². The lowest BCUT2D eigenvalue weighted by Crippen LogP contribution is -2.50. The SMILES string of the molecule is COCC[C@@H]1CN(CCN2CCN(c3ccccc3)CC2)CCO1. The van der Waals surface area contributed by atoms with Crippen molar-refractivity contribution in [1.82, 2.24) is 9.80 Å². The van der Waals surface area contributed by atoms with Crippen molar-refractivity contribution >= 4 is 5.69 Å². The Morgan fingerprint density at radius 3 is 2.50 bits per heavy atom. The average Bonchev–Trinajstić information content (AvgIpc) is 2.66. The van der Waals surface area contributed by atoms with Crippen molar-refractivity contribution < 1.29 is 9.47 Å². The maximum atomic E-state index is 5.82. The Bertz CT molecular complexity index is 463. The normalized spacial score (nSPS) is 23.5. The number of nitrogens with zero attached hydrogens (tertiary/aromatic N) is 3. The molecule has 0 aliphatic carbocycles. The Morgan fingerprint density at radius 2 is 1.75 bits per heavy atom. The Morgan fingerprint density at radius 1 is 1.00 bits per heavy atom. The molecule has 3 rings (SSSR count). The molecule has 2 saturated heterocycles. The molecule has 0 bridgehead atoms. The molecule has 1 atom stereocenters. The van der Waals surface area contributed by atoms with Crippen molar-refractivity contribution in [3.63, 3.8) is 0 Å². The lowest BCUT2D eigenvalue weighted by atomic mass is 10.2. The third-order valence-electron chi connectivity index (χ3n) is 5.09. The van der Waals surface area contributed by atoms with Crippen LogP contribution < -0.4 is 4.90 Å². The van der Waals surface area contributed by atoms with Crippen LogP contribution in [0.4, 0.5) is 5.69 Å². The second kappa shape index (κ2) is 9.37. The fourth-order valence-corrected chi connectivity index (χ4v) is 3.56. The predicted octanol–water partition coefficient (Wildman–Crippen LogP) is 1.55. The molecule has 0 spiro atoms. The lowest BCUT2D eigenvalue weighted by Gasteiger charge is -2.38. The molecule has 0 N–H and O–H groups in total. The first-order valence-corrected chi connectivity index (χ1v) is 9.20. The van der Waals surface area contributed by atoms with Crippen LogP contribution in [0, 0.1) is 0 Å². The van der Waals surface area contributed by atoms with E-state index < -0.39 is 0 Å². The molecular weight excluding hydrogens is 302 g/mol. The monoisotopic (exact) mass is 333 g/mol. The molecule has 1 aromatic carbocycles. The molecule has 2 aliphatic rings. The van der Waals surface area contributed by atoms with E-state index in [0.717, 1.165) is 65.4 Å². The highest BCUT2D eigenvalue weighted by molar-refractivity contribution is 5.46. The lowest BCUT2D eigenvalue weighted by molar-refractivity contribution is -0.0424. The number of rotatable bonds is 7. The second-order valence-electron chi connectivity index (χ2n) is 6.74. The maximum Gasteiger partial charge on any atom is 0.0724 e. The molecule has 0 radical (unpaired) electrons. The average molecular weight is 333 g/mol.